The van der Waals surface area contributed by atoms with Crippen LogP contribution in [0.15, 0.2) is 42.5 Å². The molecule has 7 nitrogen and oxygen atoms in total. The zero-order chi connectivity index (χ0) is 16.4. The minimum absolute atomic E-state index is 0.0136. The topological polar surface area (TPSA) is 81.9 Å². The number of hydrogen-bond acceptors (Lipinski definition) is 6. The maximum atomic E-state index is 11.7. The zero-order valence-electron chi connectivity index (χ0n) is 12.4. The van der Waals surface area contributed by atoms with Crippen LogP contribution in [-0.4, -0.2) is 31.2 Å². The molecule has 0 bridgehead atoms. The third-order valence-corrected chi connectivity index (χ3v) is 3.60. The van der Waals surface area contributed by atoms with Crippen molar-refractivity contribution in [2.24, 2.45) is 0 Å². The highest BCUT2D eigenvalue weighted by Crippen LogP contribution is 2.38. The van der Waals surface area contributed by atoms with Crippen molar-refractivity contribution in [1.82, 2.24) is 0 Å². The predicted octanol–water partition coefficient (Wildman–Crippen LogP) is 2.91. The number of benzene rings is 2. The van der Waals surface area contributed by atoms with E-state index in [1.54, 1.807) is 30.3 Å². The number of ether oxygens (including phenoxy) is 2. The van der Waals surface area contributed by atoms with Crippen LogP contribution in [0.4, 0.5) is 17.1 Å². The standard InChI is InChI=1S/C16H14N2O5/c1-22-16(19)11-5-6-15-14(9-11)17(7-8-23-15)12-3-2-4-13(10-12)18(20)21/h2-6,9-10H,7-8H2,1H3. The number of carbonyl (C=O) groups is 1. The Kier molecular flexibility index (Phi) is 3.84. The summed E-state index contributed by atoms with van der Waals surface area (Å²) in [5.41, 5.74) is 1.76. The van der Waals surface area contributed by atoms with E-state index in [4.69, 9.17) is 9.47 Å². The lowest BCUT2D eigenvalue weighted by molar-refractivity contribution is -0.384. The highest BCUT2D eigenvalue weighted by molar-refractivity contribution is 5.92. The minimum atomic E-state index is -0.447. The molecule has 118 valence electrons. The summed E-state index contributed by atoms with van der Waals surface area (Å²) < 4.78 is 10.3. The molecule has 0 saturated carbocycles. The molecule has 1 heterocycles. The minimum Gasteiger partial charge on any atom is -0.490 e. The monoisotopic (exact) mass is 314 g/mol. The van der Waals surface area contributed by atoms with Gasteiger partial charge in [-0.25, -0.2) is 4.79 Å². The quantitative estimate of drug-likeness (QED) is 0.492. The first-order valence-corrected chi connectivity index (χ1v) is 6.97. The van der Waals surface area contributed by atoms with Gasteiger partial charge in [0.1, 0.15) is 12.4 Å². The molecule has 1 aliphatic rings. The maximum Gasteiger partial charge on any atom is 0.337 e. The second-order valence-electron chi connectivity index (χ2n) is 4.95. The van der Waals surface area contributed by atoms with E-state index in [0.717, 1.165) is 0 Å². The van der Waals surface area contributed by atoms with Crippen LogP contribution in [-0.2, 0) is 4.74 Å². The summed E-state index contributed by atoms with van der Waals surface area (Å²) in [5, 5.41) is 11.0. The van der Waals surface area contributed by atoms with Gasteiger partial charge in [0.05, 0.1) is 29.8 Å². The van der Waals surface area contributed by atoms with Crippen molar-refractivity contribution >= 4 is 23.0 Å². The van der Waals surface area contributed by atoms with E-state index in [1.807, 2.05) is 4.90 Å². The zero-order valence-corrected chi connectivity index (χ0v) is 12.4. The first-order valence-electron chi connectivity index (χ1n) is 6.97. The van der Waals surface area contributed by atoms with Gasteiger partial charge in [-0.1, -0.05) is 6.07 Å². The molecule has 2 aromatic carbocycles. The Morgan fingerprint density at radius 2 is 2.13 bits per heavy atom. The van der Waals surface area contributed by atoms with Crippen LogP contribution in [0.5, 0.6) is 5.75 Å². The van der Waals surface area contributed by atoms with Gasteiger partial charge in [0.25, 0.3) is 5.69 Å². The van der Waals surface area contributed by atoms with Gasteiger partial charge in [0, 0.05) is 17.8 Å². The Hall–Kier alpha value is -3.09. The third kappa shape index (κ3) is 2.80. The molecule has 0 N–H and O–H groups in total. The summed E-state index contributed by atoms with van der Waals surface area (Å²) >= 11 is 0. The summed E-state index contributed by atoms with van der Waals surface area (Å²) in [4.78, 5) is 24.1. The molecule has 0 atom stereocenters. The van der Waals surface area contributed by atoms with Gasteiger partial charge in [-0.3, -0.25) is 10.1 Å². The lowest BCUT2D eigenvalue weighted by Gasteiger charge is -2.31. The predicted molar refractivity (Wildman–Crippen MR) is 83.4 cm³/mol. The van der Waals surface area contributed by atoms with E-state index < -0.39 is 10.9 Å². The maximum absolute atomic E-state index is 11.7. The Bertz CT molecular complexity index is 775. The van der Waals surface area contributed by atoms with Gasteiger partial charge in [-0.2, -0.15) is 0 Å². The van der Waals surface area contributed by atoms with E-state index in [1.165, 1.54) is 19.2 Å². The van der Waals surface area contributed by atoms with Gasteiger partial charge in [0.2, 0.25) is 0 Å². The number of carbonyl (C=O) groups excluding carboxylic acids is 1. The summed E-state index contributed by atoms with van der Waals surface area (Å²) in [7, 11) is 1.32. The molecule has 0 aromatic heterocycles. The molecule has 23 heavy (non-hydrogen) atoms. The fourth-order valence-electron chi connectivity index (χ4n) is 2.51. The van der Waals surface area contributed by atoms with E-state index in [-0.39, 0.29) is 5.69 Å². The average Bonchev–Trinajstić information content (AvgIpc) is 2.60. The van der Waals surface area contributed by atoms with E-state index in [0.29, 0.717) is 35.8 Å². The van der Waals surface area contributed by atoms with E-state index >= 15 is 0 Å². The fraction of sp³-hybridized carbons (Fsp3) is 0.188. The number of fused-ring (bicyclic) bond motifs is 1. The lowest BCUT2D eigenvalue weighted by Crippen LogP contribution is -2.28. The number of nitrogens with zero attached hydrogens (tertiary/aromatic N) is 2. The molecular formula is C16H14N2O5. The molecule has 0 saturated heterocycles. The molecule has 1 aliphatic heterocycles. The second-order valence-corrected chi connectivity index (χ2v) is 4.95. The van der Waals surface area contributed by atoms with Crippen molar-refractivity contribution in [3.05, 3.63) is 58.1 Å². The largest absolute Gasteiger partial charge is 0.490 e. The van der Waals surface area contributed by atoms with E-state index in [9.17, 15) is 14.9 Å². The van der Waals surface area contributed by atoms with Crippen LogP contribution in [0.2, 0.25) is 0 Å². The Morgan fingerprint density at radius 1 is 1.30 bits per heavy atom. The highest BCUT2D eigenvalue weighted by Gasteiger charge is 2.22. The molecule has 2 aromatic rings. The summed E-state index contributed by atoms with van der Waals surface area (Å²) in [6, 6.07) is 11.3. The van der Waals surface area contributed by atoms with Crippen LogP contribution in [0.1, 0.15) is 10.4 Å². The number of anilines is 2. The van der Waals surface area contributed by atoms with Crippen LogP contribution in [0.3, 0.4) is 0 Å². The molecule has 0 amide bonds. The van der Waals surface area contributed by atoms with Gasteiger partial charge in [-0.05, 0) is 24.3 Å². The van der Waals surface area contributed by atoms with Gasteiger partial charge in [-0.15, -0.1) is 0 Å². The molecule has 0 spiro atoms. The van der Waals surface area contributed by atoms with Gasteiger partial charge in [0.15, 0.2) is 0 Å². The number of nitro benzene ring substituents is 1. The molecule has 0 unspecified atom stereocenters. The van der Waals surface area contributed by atoms with E-state index in [2.05, 4.69) is 0 Å². The SMILES string of the molecule is COC(=O)c1ccc2c(c1)N(c1cccc([N+](=O)[O-])c1)CCO2. The van der Waals surface area contributed by atoms with Crippen LogP contribution >= 0.6 is 0 Å². The third-order valence-electron chi connectivity index (χ3n) is 3.60. The molecule has 3 rings (SSSR count). The number of rotatable bonds is 3. The second kappa shape index (κ2) is 5.96. The average molecular weight is 314 g/mol. The number of non-ortho nitro benzene ring substituents is 1. The summed E-state index contributed by atoms with van der Waals surface area (Å²) in [5.74, 6) is 0.174. The number of hydrogen-bond donors (Lipinski definition) is 0. The van der Waals surface area contributed by atoms with Crippen LogP contribution in [0, 0.1) is 10.1 Å². The highest BCUT2D eigenvalue weighted by atomic mass is 16.6. The van der Waals surface area contributed by atoms with Crippen molar-refractivity contribution < 1.29 is 19.2 Å². The van der Waals surface area contributed by atoms with Crippen LogP contribution < -0.4 is 9.64 Å². The number of esters is 1. The van der Waals surface area contributed by atoms with Crippen molar-refractivity contribution in [2.75, 3.05) is 25.2 Å². The molecule has 0 fully saturated rings. The van der Waals surface area contributed by atoms with Gasteiger partial charge < -0.3 is 14.4 Å². The van der Waals surface area contributed by atoms with Crippen LogP contribution in [0.25, 0.3) is 0 Å². The molecule has 0 aliphatic carbocycles. The van der Waals surface area contributed by atoms with Crippen molar-refractivity contribution in [1.29, 1.82) is 0 Å². The smallest absolute Gasteiger partial charge is 0.337 e. The molecule has 7 heteroatoms. The lowest BCUT2D eigenvalue weighted by atomic mass is 10.1. The molecular weight excluding hydrogens is 300 g/mol. The Morgan fingerprint density at radius 3 is 2.87 bits per heavy atom. The summed E-state index contributed by atoms with van der Waals surface area (Å²) in [6.07, 6.45) is 0. The Balaban J connectivity index is 2.05. The Labute approximate surface area is 132 Å². The summed E-state index contributed by atoms with van der Waals surface area (Å²) in [6.45, 7) is 0.978. The molecule has 0 radical (unpaired) electrons. The fourth-order valence-corrected chi connectivity index (χ4v) is 2.51. The first kappa shape index (κ1) is 14.8. The van der Waals surface area contributed by atoms with Crippen molar-refractivity contribution in [3.63, 3.8) is 0 Å². The van der Waals surface area contributed by atoms with Gasteiger partial charge >= 0.3 is 5.97 Å². The first-order chi connectivity index (χ1) is 11.1. The number of methoxy groups -OCH3 is 1. The normalized spacial score (nSPS) is 13.0. The van der Waals surface area contributed by atoms with Crippen molar-refractivity contribution in [3.8, 4) is 5.75 Å². The number of nitro groups is 1. The van der Waals surface area contributed by atoms with Crippen molar-refractivity contribution in [2.45, 2.75) is 0 Å².